The summed E-state index contributed by atoms with van der Waals surface area (Å²) < 4.78 is 22.0. The molecule has 2 amide bonds. The van der Waals surface area contributed by atoms with E-state index in [1.54, 1.807) is 0 Å². The lowest BCUT2D eigenvalue weighted by Crippen LogP contribution is -2.58. The summed E-state index contributed by atoms with van der Waals surface area (Å²) in [7, 11) is -3.58. The van der Waals surface area contributed by atoms with Crippen molar-refractivity contribution in [3.8, 4) is 0 Å². The number of nitrogens with zero attached hydrogens (tertiary/aromatic N) is 1. The van der Waals surface area contributed by atoms with Gasteiger partial charge in [-0.3, -0.25) is 9.59 Å². The number of carbonyl (C=O) groups excluding carboxylic acids is 2. The van der Waals surface area contributed by atoms with E-state index >= 15 is 0 Å². The third kappa shape index (κ3) is 3.69. The molecule has 1 unspecified atom stereocenters. The number of hydrogen-bond donors (Lipinski definition) is 2. The molecule has 0 aliphatic carbocycles. The molecule has 0 spiro atoms. The second-order valence-corrected chi connectivity index (χ2v) is 8.25. The van der Waals surface area contributed by atoms with Gasteiger partial charge in [-0.05, 0) is 33.2 Å². The van der Waals surface area contributed by atoms with Crippen molar-refractivity contribution >= 4 is 21.7 Å². The normalized spacial score (nSPS) is 20.4. The molecule has 1 aliphatic heterocycles. The number of nitrogens with one attached hydrogen (secondary N) is 1. The molecule has 3 N–H and O–H groups in total. The van der Waals surface area contributed by atoms with Crippen molar-refractivity contribution in [2.45, 2.75) is 37.5 Å². The molecule has 0 aromatic carbocycles. The zero-order chi connectivity index (χ0) is 15.6. The van der Waals surface area contributed by atoms with Crippen molar-refractivity contribution in [1.82, 2.24) is 10.2 Å². The smallest absolute Gasteiger partial charge is 0.244 e. The first-order valence-corrected chi connectivity index (χ1v) is 8.46. The molecule has 20 heavy (non-hydrogen) atoms. The molecule has 0 radical (unpaired) electrons. The van der Waals surface area contributed by atoms with Gasteiger partial charge in [0.25, 0.3) is 0 Å². The fourth-order valence-electron chi connectivity index (χ4n) is 2.14. The Morgan fingerprint density at radius 1 is 1.40 bits per heavy atom. The number of piperidine rings is 1. The summed E-state index contributed by atoms with van der Waals surface area (Å²) in [6, 6.07) is -0.204. The first-order chi connectivity index (χ1) is 9.07. The Morgan fingerprint density at radius 3 is 2.40 bits per heavy atom. The zero-order valence-electron chi connectivity index (χ0n) is 12.2. The number of nitrogens with two attached hydrogens (primary N) is 1. The molecule has 1 atom stereocenters. The van der Waals surface area contributed by atoms with Gasteiger partial charge >= 0.3 is 0 Å². The van der Waals surface area contributed by atoms with Gasteiger partial charge in [-0.15, -0.1) is 0 Å². The lowest BCUT2D eigenvalue weighted by molar-refractivity contribution is -0.139. The van der Waals surface area contributed by atoms with E-state index in [1.165, 1.54) is 18.7 Å². The minimum Gasteiger partial charge on any atom is -0.368 e. The summed E-state index contributed by atoms with van der Waals surface area (Å²) in [6.45, 7) is 3.84. The second kappa shape index (κ2) is 6.09. The van der Waals surface area contributed by atoms with Gasteiger partial charge < -0.3 is 16.0 Å². The van der Waals surface area contributed by atoms with Crippen molar-refractivity contribution in [3.05, 3.63) is 0 Å². The Hall–Kier alpha value is -1.15. The van der Waals surface area contributed by atoms with E-state index in [4.69, 9.17) is 5.73 Å². The van der Waals surface area contributed by atoms with E-state index in [0.717, 1.165) is 25.6 Å². The maximum Gasteiger partial charge on any atom is 0.244 e. The van der Waals surface area contributed by atoms with Crippen molar-refractivity contribution in [3.63, 3.8) is 0 Å². The van der Waals surface area contributed by atoms with E-state index in [-0.39, 0.29) is 12.6 Å². The van der Waals surface area contributed by atoms with Gasteiger partial charge in [0, 0.05) is 18.8 Å². The molecule has 0 aromatic heterocycles. The molecule has 1 rings (SSSR count). The molecule has 0 saturated carbocycles. The predicted molar refractivity (Wildman–Crippen MR) is 75.7 cm³/mol. The number of carbonyl (C=O) groups is 2. The highest BCUT2D eigenvalue weighted by Crippen LogP contribution is 2.22. The fourth-order valence-corrected chi connectivity index (χ4v) is 2.57. The standard InChI is InChI=1S/C12H23N3O4S/c1-12(2,20(3,18)19)11(17)15(8-10(13)16)9-5-4-6-14-7-9/h9,14H,4-8H2,1-3H3,(H2,13,16). The van der Waals surface area contributed by atoms with Crippen LogP contribution < -0.4 is 11.1 Å². The topological polar surface area (TPSA) is 110 Å². The summed E-state index contributed by atoms with van der Waals surface area (Å²) in [6.07, 6.45) is 2.62. The summed E-state index contributed by atoms with van der Waals surface area (Å²) >= 11 is 0. The lowest BCUT2D eigenvalue weighted by atomic mass is 10.0. The van der Waals surface area contributed by atoms with Crippen molar-refractivity contribution in [2.24, 2.45) is 5.73 Å². The summed E-state index contributed by atoms with van der Waals surface area (Å²) in [4.78, 5) is 25.1. The highest BCUT2D eigenvalue weighted by Gasteiger charge is 2.43. The molecule has 8 heteroatoms. The van der Waals surface area contributed by atoms with Crippen LogP contribution in [-0.2, 0) is 19.4 Å². The Labute approximate surface area is 119 Å². The van der Waals surface area contributed by atoms with Crippen LogP contribution in [0.2, 0.25) is 0 Å². The first-order valence-electron chi connectivity index (χ1n) is 6.57. The first kappa shape index (κ1) is 16.9. The van der Waals surface area contributed by atoms with Gasteiger partial charge in [0.2, 0.25) is 11.8 Å². The maximum absolute atomic E-state index is 12.6. The lowest BCUT2D eigenvalue weighted by Gasteiger charge is -2.37. The Kier molecular flexibility index (Phi) is 5.15. The van der Waals surface area contributed by atoms with Crippen LogP contribution in [0.3, 0.4) is 0 Å². The van der Waals surface area contributed by atoms with E-state index in [1.807, 2.05) is 0 Å². The molecule has 1 saturated heterocycles. The van der Waals surface area contributed by atoms with Crippen LogP contribution in [0.4, 0.5) is 0 Å². The quantitative estimate of drug-likeness (QED) is 0.668. The average molecular weight is 305 g/mol. The maximum atomic E-state index is 12.6. The molecule has 1 aliphatic rings. The SMILES string of the molecule is CC(C)(C(=O)N(CC(N)=O)C1CCCNC1)S(C)(=O)=O. The third-order valence-electron chi connectivity index (χ3n) is 3.74. The van der Waals surface area contributed by atoms with E-state index < -0.39 is 26.4 Å². The van der Waals surface area contributed by atoms with Crippen LogP contribution in [0.1, 0.15) is 26.7 Å². The second-order valence-electron chi connectivity index (χ2n) is 5.68. The number of rotatable bonds is 5. The Morgan fingerprint density at radius 2 is 2.00 bits per heavy atom. The van der Waals surface area contributed by atoms with Gasteiger partial charge in [0.1, 0.15) is 4.75 Å². The van der Waals surface area contributed by atoms with Gasteiger partial charge in [-0.25, -0.2) is 8.42 Å². The minimum atomic E-state index is -3.58. The summed E-state index contributed by atoms with van der Waals surface area (Å²) in [5.74, 6) is -1.22. The molecule has 1 heterocycles. The van der Waals surface area contributed by atoms with E-state index in [9.17, 15) is 18.0 Å². The third-order valence-corrected chi connectivity index (χ3v) is 5.77. The zero-order valence-corrected chi connectivity index (χ0v) is 13.0. The fraction of sp³-hybridized carbons (Fsp3) is 0.833. The molecule has 0 aromatic rings. The molecular weight excluding hydrogens is 282 g/mol. The average Bonchev–Trinajstić information content (AvgIpc) is 2.34. The van der Waals surface area contributed by atoms with Crippen LogP contribution in [0.15, 0.2) is 0 Å². The summed E-state index contributed by atoms with van der Waals surface area (Å²) in [5, 5.41) is 3.14. The van der Waals surface area contributed by atoms with Gasteiger partial charge in [-0.1, -0.05) is 0 Å². The predicted octanol–water partition coefficient (Wildman–Crippen LogP) is -1.12. The highest BCUT2D eigenvalue weighted by molar-refractivity contribution is 7.92. The van der Waals surface area contributed by atoms with Crippen LogP contribution >= 0.6 is 0 Å². The van der Waals surface area contributed by atoms with Crippen molar-refractivity contribution in [2.75, 3.05) is 25.9 Å². The van der Waals surface area contributed by atoms with Crippen LogP contribution in [0.25, 0.3) is 0 Å². The molecular formula is C12H23N3O4S. The van der Waals surface area contributed by atoms with Gasteiger partial charge in [0.15, 0.2) is 9.84 Å². The van der Waals surface area contributed by atoms with Gasteiger partial charge in [-0.2, -0.15) is 0 Å². The number of hydrogen-bond acceptors (Lipinski definition) is 5. The van der Waals surface area contributed by atoms with Crippen LogP contribution in [0.5, 0.6) is 0 Å². The highest BCUT2D eigenvalue weighted by atomic mass is 32.2. The number of sulfone groups is 1. The molecule has 7 nitrogen and oxygen atoms in total. The largest absolute Gasteiger partial charge is 0.368 e. The van der Waals surface area contributed by atoms with E-state index in [0.29, 0.717) is 6.54 Å². The minimum absolute atomic E-state index is 0.204. The van der Waals surface area contributed by atoms with E-state index in [2.05, 4.69) is 5.32 Å². The molecule has 0 bridgehead atoms. The summed E-state index contributed by atoms with van der Waals surface area (Å²) in [5.41, 5.74) is 5.19. The monoisotopic (exact) mass is 305 g/mol. The Bertz CT molecular complexity index is 481. The number of primary amides is 1. The Balaban J connectivity index is 3.04. The molecule has 116 valence electrons. The van der Waals surface area contributed by atoms with Crippen molar-refractivity contribution in [1.29, 1.82) is 0 Å². The van der Waals surface area contributed by atoms with Crippen molar-refractivity contribution < 1.29 is 18.0 Å². The van der Waals surface area contributed by atoms with Crippen LogP contribution in [0, 0.1) is 0 Å². The molecule has 1 fully saturated rings. The van der Waals surface area contributed by atoms with Crippen LogP contribution in [-0.4, -0.2) is 61.8 Å². The number of amides is 2. The van der Waals surface area contributed by atoms with Gasteiger partial charge in [0.05, 0.1) is 6.54 Å².